The third-order valence-electron chi connectivity index (χ3n) is 7.27. The van der Waals surface area contributed by atoms with Crippen molar-refractivity contribution in [2.75, 3.05) is 26.8 Å². The molecular weight excluding hydrogens is 458 g/mol. The number of hydrogen-bond acceptors (Lipinski definition) is 10. The molecule has 3 heterocycles. The number of rotatable bonds is 5. The number of benzene rings is 2. The molecule has 0 aromatic heterocycles. The highest BCUT2D eigenvalue weighted by Gasteiger charge is 2.53. The zero-order valence-electron chi connectivity index (χ0n) is 19.2. The SMILES string of the molecule is COc1c(O)c(CN2CCC(c3ccccc3)C2)c2c(c1O)C1O[C@@H](CO)[C@H](O)[C@@H](O)C1OC2=O. The maximum Gasteiger partial charge on any atom is 0.339 e. The van der Waals surface area contributed by atoms with Crippen LogP contribution in [0.15, 0.2) is 30.3 Å². The van der Waals surface area contributed by atoms with E-state index in [4.69, 9.17) is 14.2 Å². The van der Waals surface area contributed by atoms with Gasteiger partial charge in [-0.05, 0) is 24.4 Å². The van der Waals surface area contributed by atoms with E-state index in [2.05, 4.69) is 17.0 Å². The highest BCUT2D eigenvalue weighted by atomic mass is 16.6. The Morgan fingerprint density at radius 2 is 1.86 bits per heavy atom. The van der Waals surface area contributed by atoms with E-state index in [-0.39, 0.29) is 34.7 Å². The first-order valence-electron chi connectivity index (χ1n) is 11.6. The first-order valence-corrected chi connectivity index (χ1v) is 11.6. The lowest BCUT2D eigenvalue weighted by molar-refractivity contribution is -0.235. The highest BCUT2D eigenvalue weighted by Crippen LogP contribution is 2.52. The van der Waals surface area contributed by atoms with Crippen molar-refractivity contribution >= 4 is 5.97 Å². The van der Waals surface area contributed by atoms with Crippen molar-refractivity contribution in [2.24, 2.45) is 0 Å². The number of phenolic OH excluding ortho intramolecular Hbond substituents is 2. The standard InChI is InChI=1S/C25H29NO9/c1-33-23-18(28)14(10-26-8-7-13(9-26)12-5-3-2-4-6-12)16-17(20(23)30)22-24(35-25(16)32)21(31)19(29)15(11-27)34-22/h2-6,13,15,19,21-22,24,27-31H,7-11H2,1H3/t13?,15-,19-,21+,22?,24?/m0/s1. The van der Waals surface area contributed by atoms with Crippen LogP contribution in [0, 0.1) is 0 Å². The first kappa shape index (κ1) is 23.8. The number of esters is 1. The van der Waals surface area contributed by atoms with Crippen molar-refractivity contribution in [3.63, 3.8) is 0 Å². The lowest BCUT2D eigenvalue weighted by Crippen LogP contribution is -2.58. The monoisotopic (exact) mass is 487 g/mol. The van der Waals surface area contributed by atoms with Crippen molar-refractivity contribution in [1.29, 1.82) is 0 Å². The minimum Gasteiger partial charge on any atom is -0.504 e. The van der Waals surface area contributed by atoms with E-state index in [9.17, 15) is 30.3 Å². The molecule has 2 aromatic carbocycles. The quantitative estimate of drug-likeness (QED) is 0.383. The van der Waals surface area contributed by atoms with Gasteiger partial charge in [-0.2, -0.15) is 0 Å². The van der Waals surface area contributed by atoms with Crippen molar-refractivity contribution in [2.45, 2.75) is 49.4 Å². The highest BCUT2D eigenvalue weighted by molar-refractivity contribution is 5.97. The van der Waals surface area contributed by atoms with E-state index < -0.39 is 48.8 Å². The summed E-state index contributed by atoms with van der Waals surface area (Å²) in [4.78, 5) is 15.2. The van der Waals surface area contributed by atoms with E-state index in [1.54, 1.807) is 0 Å². The van der Waals surface area contributed by atoms with Gasteiger partial charge in [-0.1, -0.05) is 30.3 Å². The third-order valence-corrected chi connectivity index (χ3v) is 7.27. The second kappa shape index (κ2) is 9.29. The molecule has 0 amide bonds. The van der Waals surface area contributed by atoms with Gasteiger partial charge in [0.05, 0.1) is 19.3 Å². The Morgan fingerprint density at radius 3 is 2.54 bits per heavy atom. The molecule has 3 aliphatic heterocycles. The molecular formula is C25H29NO9. The van der Waals surface area contributed by atoms with Gasteiger partial charge in [-0.25, -0.2) is 4.79 Å². The van der Waals surface area contributed by atoms with Gasteiger partial charge in [-0.3, -0.25) is 4.90 Å². The number of phenols is 2. The van der Waals surface area contributed by atoms with Crippen LogP contribution in [0.5, 0.6) is 17.2 Å². The number of aliphatic hydroxyl groups is 3. The lowest BCUT2D eigenvalue weighted by atomic mass is 9.84. The smallest absolute Gasteiger partial charge is 0.339 e. The normalized spacial score (nSPS) is 30.5. The molecule has 35 heavy (non-hydrogen) atoms. The van der Waals surface area contributed by atoms with Crippen LogP contribution >= 0.6 is 0 Å². The van der Waals surface area contributed by atoms with E-state index in [0.29, 0.717) is 12.5 Å². The summed E-state index contributed by atoms with van der Waals surface area (Å²) in [6, 6.07) is 10.1. The van der Waals surface area contributed by atoms with Gasteiger partial charge in [-0.15, -0.1) is 0 Å². The summed E-state index contributed by atoms with van der Waals surface area (Å²) < 4.78 is 16.5. The Kier molecular flexibility index (Phi) is 6.32. The van der Waals surface area contributed by atoms with Gasteiger partial charge in [0.2, 0.25) is 5.75 Å². The molecule has 5 rings (SSSR count). The second-order valence-corrected chi connectivity index (χ2v) is 9.26. The Bertz CT molecular complexity index is 1110. The van der Waals surface area contributed by atoms with Crippen LogP contribution in [-0.4, -0.2) is 87.6 Å². The van der Waals surface area contributed by atoms with Crippen LogP contribution in [0.4, 0.5) is 0 Å². The number of nitrogens with zero attached hydrogens (tertiary/aromatic N) is 1. The molecule has 5 N–H and O–H groups in total. The molecule has 2 saturated heterocycles. The fourth-order valence-electron chi connectivity index (χ4n) is 5.46. The predicted octanol–water partition coefficient (Wildman–Crippen LogP) is 0.789. The van der Waals surface area contributed by atoms with E-state index in [0.717, 1.165) is 13.0 Å². The van der Waals surface area contributed by atoms with Gasteiger partial charge in [0.1, 0.15) is 24.4 Å². The number of aliphatic hydroxyl groups excluding tert-OH is 3. The summed E-state index contributed by atoms with van der Waals surface area (Å²) in [5, 5.41) is 52.3. The summed E-state index contributed by atoms with van der Waals surface area (Å²) in [5.41, 5.74) is 1.37. The van der Waals surface area contributed by atoms with Gasteiger partial charge in [0.15, 0.2) is 17.6 Å². The van der Waals surface area contributed by atoms with E-state index >= 15 is 0 Å². The van der Waals surface area contributed by atoms with Crippen LogP contribution in [-0.2, 0) is 16.0 Å². The van der Waals surface area contributed by atoms with E-state index in [1.165, 1.54) is 12.7 Å². The largest absolute Gasteiger partial charge is 0.504 e. The number of likely N-dealkylation sites (tertiary alicyclic amines) is 1. The Labute approximate surface area is 201 Å². The summed E-state index contributed by atoms with van der Waals surface area (Å²) in [6.45, 7) is 1.03. The summed E-state index contributed by atoms with van der Waals surface area (Å²) in [7, 11) is 1.28. The van der Waals surface area contributed by atoms with Crippen LogP contribution in [0.2, 0.25) is 0 Å². The molecule has 0 bridgehead atoms. The number of fused-ring (bicyclic) bond motifs is 3. The molecule has 188 valence electrons. The zero-order valence-corrected chi connectivity index (χ0v) is 19.2. The number of ether oxygens (including phenoxy) is 3. The molecule has 10 heteroatoms. The first-order chi connectivity index (χ1) is 16.8. The van der Waals surface area contributed by atoms with Crippen LogP contribution in [0.3, 0.4) is 0 Å². The summed E-state index contributed by atoms with van der Waals surface area (Å²) in [6.07, 6.45) is -5.78. The lowest BCUT2D eigenvalue weighted by Gasteiger charge is -2.45. The number of carbonyl (C=O) groups is 1. The van der Waals surface area contributed by atoms with Crippen molar-refractivity contribution < 1.29 is 44.5 Å². The van der Waals surface area contributed by atoms with Gasteiger partial charge >= 0.3 is 5.97 Å². The van der Waals surface area contributed by atoms with Gasteiger partial charge in [0.25, 0.3) is 0 Å². The molecule has 6 atom stereocenters. The van der Waals surface area contributed by atoms with Crippen LogP contribution < -0.4 is 4.74 Å². The third kappa shape index (κ3) is 3.91. The number of carbonyl (C=O) groups excluding carboxylic acids is 1. The maximum absolute atomic E-state index is 13.1. The molecule has 2 aromatic rings. The topological polar surface area (TPSA) is 149 Å². The average molecular weight is 488 g/mol. The van der Waals surface area contributed by atoms with Gasteiger partial charge < -0.3 is 39.7 Å². The Balaban J connectivity index is 1.54. The van der Waals surface area contributed by atoms with Crippen LogP contribution in [0.1, 0.15) is 45.5 Å². The molecule has 10 nitrogen and oxygen atoms in total. The fourth-order valence-corrected chi connectivity index (χ4v) is 5.46. The van der Waals surface area contributed by atoms with Crippen LogP contribution in [0.25, 0.3) is 0 Å². The van der Waals surface area contributed by atoms with Crippen molar-refractivity contribution in [3.05, 3.63) is 52.6 Å². The molecule has 0 aliphatic carbocycles. The molecule has 3 aliphatic rings. The van der Waals surface area contributed by atoms with E-state index in [1.807, 2.05) is 18.2 Å². The average Bonchev–Trinajstić information content (AvgIpc) is 3.33. The zero-order chi connectivity index (χ0) is 24.9. The predicted molar refractivity (Wildman–Crippen MR) is 121 cm³/mol. The maximum atomic E-state index is 13.1. The minimum absolute atomic E-state index is 0.000827. The summed E-state index contributed by atoms with van der Waals surface area (Å²) >= 11 is 0. The molecule has 2 fully saturated rings. The molecule has 0 radical (unpaired) electrons. The molecule has 0 saturated carbocycles. The number of methoxy groups -OCH3 is 1. The van der Waals surface area contributed by atoms with Gasteiger partial charge in [0, 0.05) is 24.2 Å². The van der Waals surface area contributed by atoms with Crippen molar-refractivity contribution in [1.82, 2.24) is 4.90 Å². The Hall–Kier alpha value is -2.89. The summed E-state index contributed by atoms with van der Waals surface area (Å²) in [5.74, 6) is -1.68. The Morgan fingerprint density at radius 1 is 1.11 bits per heavy atom. The molecule has 3 unspecified atom stereocenters. The fraction of sp³-hybridized carbons (Fsp3) is 0.480. The second-order valence-electron chi connectivity index (χ2n) is 9.26. The molecule has 0 spiro atoms. The van der Waals surface area contributed by atoms with Crippen molar-refractivity contribution in [3.8, 4) is 17.2 Å². The number of hydrogen-bond donors (Lipinski definition) is 5. The number of aromatic hydroxyl groups is 2. The minimum atomic E-state index is -1.55.